The van der Waals surface area contributed by atoms with Crippen molar-refractivity contribution in [2.75, 3.05) is 6.54 Å². The van der Waals surface area contributed by atoms with Crippen molar-refractivity contribution in [2.24, 2.45) is 0 Å². The van der Waals surface area contributed by atoms with Crippen LogP contribution in [-0.2, 0) is 4.74 Å². The first-order valence-corrected chi connectivity index (χ1v) is 6.82. The minimum absolute atomic E-state index is 0.0956. The maximum atomic E-state index is 11.4. The monoisotopic (exact) mass is 325 g/mol. The number of hydrogen-bond acceptors (Lipinski definition) is 5. The van der Waals surface area contributed by atoms with Gasteiger partial charge in [-0.05, 0) is 20.8 Å². The molecule has 0 saturated heterocycles. The van der Waals surface area contributed by atoms with Gasteiger partial charge in [0.1, 0.15) is 17.0 Å². The van der Waals surface area contributed by atoms with Crippen molar-refractivity contribution >= 4 is 23.4 Å². The van der Waals surface area contributed by atoms with Crippen LogP contribution in [0.5, 0.6) is 0 Å². The third-order valence-electron chi connectivity index (χ3n) is 2.18. The maximum absolute atomic E-state index is 11.4. The first-order chi connectivity index (χ1) is 10.2. The average Bonchev–Trinajstić information content (AvgIpc) is 2.37. The second-order valence-electron chi connectivity index (χ2n) is 5.27. The van der Waals surface area contributed by atoms with Crippen LogP contribution in [0.4, 0.5) is 10.5 Å². The van der Waals surface area contributed by atoms with E-state index in [9.17, 15) is 14.9 Å². The van der Waals surface area contributed by atoms with Gasteiger partial charge in [-0.2, -0.15) is 0 Å². The fourth-order valence-corrected chi connectivity index (χ4v) is 1.47. The Kier molecular flexibility index (Phi) is 6.13. The molecule has 1 heterocycles. The Balaban J connectivity index is 2.53. The van der Waals surface area contributed by atoms with Crippen LogP contribution >= 0.6 is 11.6 Å². The molecule has 7 nitrogen and oxygen atoms in total. The highest BCUT2D eigenvalue weighted by molar-refractivity contribution is 6.30. The molecule has 0 aliphatic rings. The van der Waals surface area contributed by atoms with Gasteiger partial charge in [0, 0.05) is 19.0 Å². The highest BCUT2D eigenvalue weighted by Gasteiger charge is 2.15. The van der Waals surface area contributed by atoms with Gasteiger partial charge in [-0.15, -0.1) is 0 Å². The number of nitro groups is 1. The lowest BCUT2D eigenvalue weighted by atomic mass is 10.2. The van der Waals surface area contributed by atoms with Crippen molar-refractivity contribution in [2.45, 2.75) is 32.8 Å². The number of aromatic nitrogens is 1. The number of carbonyl (C=O) groups is 1. The van der Waals surface area contributed by atoms with E-state index in [-0.39, 0.29) is 16.4 Å². The number of carbonyl (C=O) groups excluding carboxylic acids is 1. The number of amides is 1. The zero-order valence-corrected chi connectivity index (χ0v) is 13.2. The van der Waals surface area contributed by atoms with Gasteiger partial charge in [0.15, 0.2) is 0 Å². The molecule has 1 amide bonds. The Hall–Kier alpha value is -2.33. The molecular weight excluding hydrogens is 310 g/mol. The Morgan fingerprint density at radius 2 is 2.23 bits per heavy atom. The molecular formula is C14H16ClN3O4. The van der Waals surface area contributed by atoms with E-state index < -0.39 is 16.6 Å². The van der Waals surface area contributed by atoms with Crippen LogP contribution in [0.25, 0.3) is 0 Å². The summed E-state index contributed by atoms with van der Waals surface area (Å²) < 4.78 is 5.06. The summed E-state index contributed by atoms with van der Waals surface area (Å²) in [5, 5.41) is 13.3. The van der Waals surface area contributed by atoms with E-state index in [0.717, 1.165) is 6.20 Å². The third-order valence-corrected chi connectivity index (χ3v) is 2.48. The van der Waals surface area contributed by atoms with Crippen molar-refractivity contribution in [1.82, 2.24) is 10.3 Å². The molecule has 1 rings (SSSR count). The fourth-order valence-electron chi connectivity index (χ4n) is 1.32. The second-order valence-corrected chi connectivity index (χ2v) is 5.63. The van der Waals surface area contributed by atoms with Gasteiger partial charge in [-0.1, -0.05) is 23.4 Å². The van der Waals surface area contributed by atoms with Crippen LogP contribution in [0.3, 0.4) is 0 Å². The van der Waals surface area contributed by atoms with Gasteiger partial charge in [-0.3, -0.25) is 10.1 Å². The summed E-state index contributed by atoms with van der Waals surface area (Å²) in [4.78, 5) is 25.1. The average molecular weight is 326 g/mol. The van der Waals surface area contributed by atoms with Gasteiger partial charge < -0.3 is 10.1 Å². The predicted octanol–water partition coefficient (Wildman–Crippen LogP) is 2.91. The normalized spacial score (nSPS) is 10.4. The minimum atomic E-state index is -0.571. The molecule has 118 valence electrons. The number of alkyl carbamates (subject to hydrolysis) is 1. The zero-order valence-electron chi connectivity index (χ0n) is 12.5. The standard InChI is InChI=1S/C14H16ClN3O4/c1-14(2,3)22-13(19)16-7-5-4-6-10-8-11(18(20)21)9-17-12(10)15/h8-9H,5,7H2,1-3H3,(H,16,19). The summed E-state index contributed by atoms with van der Waals surface area (Å²) in [6.45, 7) is 5.60. The molecule has 0 aliphatic carbocycles. The highest BCUT2D eigenvalue weighted by atomic mass is 35.5. The summed E-state index contributed by atoms with van der Waals surface area (Å²) in [7, 11) is 0. The lowest BCUT2D eigenvalue weighted by Crippen LogP contribution is -2.32. The van der Waals surface area contributed by atoms with Gasteiger partial charge in [0.05, 0.1) is 10.5 Å². The van der Waals surface area contributed by atoms with E-state index in [1.54, 1.807) is 20.8 Å². The first kappa shape index (κ1) is 17.7. The van der Waals surface area contributed by atoms with Gasteiger partial charge in [-0.25, -0.2) is 9.78 Å². The topological polar surface area (TPSA) is 94.4 Å². The first-order valence-electron chi connectivity index (χ1n) is 6.45. The van der Waals surface area contributed by atoms with E-state index in [1.165, 1.54) is 6.07 Å². The molecule has 22 heavy (non-hydrogen) atoms. The Morgan fingerprint density at radius 1 is 1.55 bits per heavy atom. The lowest BCUT2D eigenvalue weighted by molar-refractivity contribution is -0.385. The summed E-state index contributed by atoms with van der Waals surface area (Å²) in [5.74, 6) is 5.45. The SMILES string of the molecule is CC(C)(C)OC(=O)NCCC#Cc1cc([N+](=O)[O-])cnc1Cl. The van der Waals surface area contributed by atoms with Gasteiger partial charge >= 0.3 is 6.09 Å². The molecule has 0 fully saturated rings. The molecule has 0 bridgehead atoms. The number of nitrogens with zero attached hydrogens (tertiary/aromatic N) is 2. The highest BCUT2D eigenvalue weighted by Crippen LogP contribution is 2.17. The Bertz CT molecular complexity index is 629. The molecule has 1 N–H and O–H groups in total. The molecule has 0 saturated carbocycles. The van der Waals surface area contributed by atoms with Crippen LogP contribution in [0.1, 0.15) is 32.8 Å². The van der Waals surface area contributed by atoms with E-state index in [0.29, 0.717) is 13.0 Å². The van der Waals surface area contributed by atoms with Crippen LogP contribution < -0.4 is 5.32 Å². The van der Waals surface area contributed by atoms with Crippen molar-refractivity contribution < 1.29 is 14.5 Å². The molecule has 1 aromatic rings. The number of rotatable bonds is 3. The molecule has 0 atom stereocenters. The minimum Gasteiger partial charge on any atom is -0.444 e. The Morgan fingerprint density at radius 3 is 2.82 bits per heavy atom. The molecule has 1 aromatic heterocycles. The number of ether oxygens (including phenoxy) is 1. The quantitative estimate of drug-likeness (QED) is 0.303. The molecule has 0 unspecified atom stereocenters. The molecule has 8 heteroatoms. The summed E-state index contributed by atoms with van der Waals surface area (Å²) in [6.07, 6.45) is 0.889. The predicted molar refractivity (Wildman–Crippen MR) is 81.6 cm³/mol. The largest absolute Gasteiger partial charge is 0.444 e. The third kappa shape index (κ3) is 6.41. The van der Waals surface area contributed by atoms with Gasteiger partial charge in [0.25, 0.3) is 5.69 Å². The summed E-state index contributed by atoms with van der Waals surface area (Å²) in [5.41, 5.74) is -0.466. The van der Waals surface area contributed by atoms with E-state index in [2.05, 4.69) is 22.1 Å². The van der Waals surface area contributed by atoms with Crippen LogP contribution in [0, 0.1) is 22.0 Å². The smallest absolute Gasteiger partial charge is 0.407 e. The number of halogens is 1. The maximum Gasteiger partial charge on any atom is 0.407 e. The molecule has 0 aliphatic heterocycles. The van der Waals surface area contributed by atoms with Crippen molar-refractivity contribution in [3.63, 3.8) is 0 Å². The van der Waals surface area contributed by atoms with Crippen molar-refractivity contribution in [1.29, 1.82) is 0 Å². The number of nitrogens with one attached hydrogen (secondary N) is 1. The molecule has 0 spiro atoms. The summed E-state index contributed by atoms with van der Waals surface area (Å²) >= 11 is 5.81. The van der Waals surface area contributed by atoms with E-state index in [4.69, 9.17) is 16.3 Å². The lowest BCUT2D eigenvalue weighted by Gasteiger charge is -2.19. The Labute approximate surface area is 133 Å². The van der Waals surface area contributed by atoms with Crippen molar-refractivity contribution in [3.05, 3.63) is 33.1 Å². The van der Waals surface area contributed by atoms with Crippen LogP contribution in [0.2, 0.25) is 5.15 Å². The van der Waals surface area contributed by atoms with Crippen molar-refractivity contribution in [3.8, 4) is 11.8 Å². The fraction of sp³-hybridized carbons (Fsp3) is 0.429. The number of pyridine rings is 1. The molecule has 0 radical (unpaired) electrons. The van der Waals surface area contributed by atoms with E-state index in [1.807, 2.05) is 0 Å². The van der Waals surface area contributed by atoms with Crippen LogP contribution in [-0.4, -0.2) is 28.1 Å². The number of hydrogen-bond donors (Lipinski definition) is 1. The molecule has 0 aromatic carbocycles. The van der Waals surface area contributed by atoms with Gasteiger partial charge in [0.2, 0.25) is 0 Å². The van der Waals surface area contributed by atoms with E-state index >= 15 is 0 Å². The van der Waals surface area contributed by atoms with Crippen LogP contribution in [0.15, 0.2) is 12.3 Å². The second kappa shape index (κ2) is 7.61. The zero-order chi connectivity index (χ0) is 16.8. The summed E-state index contributed by atoms with van der Waals surface area (Å²) in [6, 6.07) is 1.25.